The Kier molecular flexibility index (Phi) is 2.44. The summed E-state index contributed by atoms with van der Waals surface area (Å²) in [6, 6.07) is 0. The normalized spacial score (nSPS) is 10.0. The standard InChI is InChI=1S/C5H8IN3/c1-2-9-4-5(3-6)7-8-9/h4H,2-3H2,1H3. The fraction of sp³-hybridized carbons (Fsp3) is 0.600. The predicted octanol–water partition coefficient (Wildman–Crippen LogP) is 1.23. The van der Waals surface area contributed by atoms with Crippen LogP contribution in [0.15, 0.2) is 6.20 Å². The summed E-state index contributed by atoms with van der Waals surface area (Å²) in [5, 5.41) is 7.78. The molecule has 0 fully saturated rings. The van der Waals surface area contributed by atoms with E-state index in [1.54, 1.807) is 0 Å². The highest BCUT2D eigenvalue weighted by atomic mass is 127. The van der Waals surface area contributed by atoms with Gasteiger partial charge in [-0.3, -0.25) is 4.68 Å². The molecule has 0 N–H and O–H groups in total. The Bertz CT molecular complexity index is 166. The van der Waals surface area contributed by atoms with Gasteiger partial charge in [0, 0.05) is 17.2 Å². The third kappa shape index (κ3) is 1.64. The first-order valence-corrected chi connectivity index (χ1v) is 4.34. The van der Waals surface area contributed by atoms with Gasteiger partial charge < -0.3 is 0 Å². The largest absolute Gasteiger partial charge is 0.253 e. The van der Waals surface area contributed by atoms with E-state index in [-0.39, 0.29) is 0 Å². The smallest absolute Gasteiger partial charge is 0.0924 e. The van der Waals surface area contributed by atoms with Crippen molar-refractivity contribution in [1.82, 2.24) is 15.0 Å². The number of aromatic nitrogens is 3. The lowest BCUT2D eigenvalue weighted by Crippen LogP contribution is -1.93. The van der Waals surface area contributed by atoms with E-state index in [0.717, 1.165) is 16.7 Å². The predicted molar refractivity (Wildman–Crippen MR) is 43.4 cm³/mol. The molecule has 1 rings (SSSR count). The van der Waals surface area contributed by atoms with Crippen LogP contribution in [-0.4, -0.2) is 15.0 Å². The lowest BCUT2D eigenvalue weighted by Gasteiger charge is -1.86. The van der Waals surface area contributed by atoms with Gasteiger partial charge in [0.25, 0.3) is 0 Å². The second kappa shape index (κ2) is 3.14. The molecule has 0 saturated carbocycles. The van der Waals surface area contributed by atoms with Crippen molar-refractivity contribution < 1.29 is 0 Å². The van der Waals surface area contributed by atoms with Crippen LogP contribution in [0.2, 0.25) is 0 Å². The van der Waals surface area contributed by atoms with Gasteiger partial charge in [-0.05, 0) is 6.92 Å². The van der Waals surface area contributed by atoms with Crippen LogP contribution in [0.25, 0.3) is 0 Å². The van der Waals surface area contributed by atoms with E-state index in [4.69, 9.17) is 0 Å². The fourth-order valence-corrected chi connectivity index (χ4v) is 0.904. The minimum atomic E-state index is 0.906. The average molecular weight is 237 g/mol. The van der Waals surface area contributed by atoms with Gasteiger partial charge in [0.1, 0.15) is 0 Å². The van der Waals surface area contributed by atoms with Gasteiger partial charge in [-0.1, -0.05) is 27.8 Å². The summed E-state index contributed by atoms with van der Waals surface area (Å²) in [5.74, 6) is 0. The summed E-state index contributed by atoms with van der Waals surface area (Å²) >= 11 is 2.27. The molecule has 50 valence electrons. The van der Waals surface area contributed by atoms with Gasteiger partial charge in [-0.2, -0.15) is 0 Å². The molecule has 0 aliphatic heterocycles. The summed E-state index contributed by atoms with van der Waals surface area (Å²) < 4.78 is 2.77. The highest BCUT2D eigenvalue weighted by molar-refractivity contribution is 14.1. The fourth-order valence-electron chi connectivity index (χ4n) is 0.554. The summed E-state index contributed by atoms with van der Waals surface area (Å²) in [7, 11) is 0. The topological polar surface area (TPSA) is 30.7 Å². The van der Waals surface area contributed by atoms with E-state index in [1.807, 2.05) is 17.8 Å². The van der Waals surface area contributed by atoms with E-state index in [2.05, 4.69) is 32.9 Å². The third-order valence-corrected chi connectivity index (χ3v) is 1.83. The maximum Gasteiger partial charge on any atom is 0.0924 e. The molecule has 0 spiro atoms. The Hall–Kier alpha value is -0.130. The van der Waals surface area contributed by atoms with Crippen molar-refractivity contribution in [1.29, 1.82) is 0 Å². The van der Waals surface area contributed by atoms with Crippen molar-refractivity contribution in [3.05, 3.63) is 11.9 Å². The number of rotatable bonds is 2. The number of hydrogen-bond donors (Lipinski definition) is 0. The molecular formula is C5H8IN3. The van der Waals surface area contributed by atoms with Crippen LogP contribution in [0.4, 0.5) is 0 Å². The lowest BCUT2D eigenvalue weighted by atomic mass is 10.6. The lowest BCUT2D eigenvalue weighted by molar-refractivity contribution is 0.626. The summed E-state index contributed by atoms with van der Waals surface area (Å²) in [6.45, 7) is 2.95. The molecule has 1 aromatic rings. The summed E-state index contributed by atoms with van der Waals surface area (Å²) in [6.07, 6.45) is 1.96. The zero-order valence-corrected chi connectivity index (χ0v) is 7.37. The van der Waals surface area contributed by atoms with Crippen molar-refractivity contribution in [3.63, 3.8) is 0 Å². The van der Waals surface area contributed by atoms with Gasteiger partial charge in [0.2, 0.25) is 0 Å². The maximum atomic E-state index is 3.91. The molecule has 0 bridgehead atoms. The van der Waals surface area contributed by atoms with Gasteiger partial charge in [-0.25, -0.2) is 0 Å². The van der Waals surface area contributed by atoms with Crippen LogP contribution < -0.4 is 0 Å². The summed E-state index contributed by atoms with van der Waals surface area (Å²) in [4.78, 5) is 0. The Labute approximate surface area is 67.6 Å². The Balaban J connectivity index is 2.74. The number of hydrogen-bond acceptors (Lipinski definition) is 2. The molecule has 0 radical (unpaired) electrons. The van der Waals surface area contributed by atoms with Crippen LogP contribution in [0.3, 0.4) is 0 Å². The average Bonchev–Trinajstić information content (AvgIpc) is 2.34. The van der Waals surface area contributed by atoms with Crippen molar-refractivity contribution in [3.8, 4) is 0 Å². The van der Waals surface area contributed by atoms with Crippen LogP contribution in [0.5, 0.6) is 0 Å². The van der Waals surface area contributed by atoms with Gasteiger partial charge in [0.05, 0.1) is 5.69 Å². The van der Waals surface area contributed by atoms with E-state index in [0.29, 0.717) is 0 Å². The minimum Gasteiger partial charge on any atom is -0.253 e. The first-order valence-electron chi connectivity index (χ1n) is 2.81. The molecule has 0 unspecified atom stereocenters. The number of alkyl halides is 1. The van der Waals surface area contributed by atoms with E-state index in [9.17, 15) is 0 Å². The second-order valence-electron chi connectivity index (χ2n) is 1.70. The van der Waals surface area contributed by atoms with E-state index >= 15 is 0 Å². The SMILES string of the molecule is CCn1cc(CI)nn1. The Morgan fingerprint density at radius 3 is 2.89 bits per heavy atom. The zero-order chi connectivity index (χ0) is 6.69. The molecule has 9 heavy (non-hydrogen) atoms. The van der Waals surface area contributed by atoms with Gasteiger partial charge in [-0.15, -0.1) is 5.10 Å². The van der Waals surface area contributed by atoms with Gasteiger partial charge in [0.15, 0.2) is 0 Å². The summed E-state index contributed by atoms with van der Waals surface area (Å²) in [5.41, 5.74) is 1.05. The van der Waals surface area contributed by atoms with E-state index in [1.165, 1.54) is 0 Å². The molecule has 0 atom stereocenters. The first kappa shape index (κ1) is 6.98. The third-order valence-electron chi connectivity index (χ3n) is 1.05. The number of aryl methyl sites for hydroxylation is 1. The van der Waals surface area contributed by atoms with E-state index < -0.39 is 0 Å². The quantitative estimate of drug-likeness (QED) is 0.572. The van der Waals surface area contributed by atoms with Crippen LogP contribution >= 0.6 is 22.6 Å². The molecule has 0 aliphatic carbocycles. The molecule has 1 aromatic heterocycles. The Morgan fingerprint density at radius 1 is 1.78 bits per heavy atom. The molecule has 0 aliphatic rings. The monoisotopic (exact) mass is 237 g/mol. The molecular weight excluding hydrogens is 229 g/mol. The second-order valence-corrected chi connectivity index (χ2v) is 2.46. The minimum absolute atomic E-state index is 0.906. The number of halogens is 1. The zero-order valence-electron chi connectivity index (χ0n) is 5.21. The Morgan fingerprint density at radius 2 is 2.56 bits per heavy atom. The highest BCUT2D eigenvalue weighted by Gasteiger charge is 1.93. The molecule has 1 heterocycles. The highest BCUT2D eigenvalue weighted by Crippen LogP contribution is 1.98. The first-order chi connectivity index (χ1) is 4.36. The van der Waals surface area contributed by atoms with Crippen LogP contribution in [0.1, 0.15) is 12.6 Å². The number of nitrogens with zero attached hydrogens (tertiary/aromatic N) is 3. The van der Waals surface area contributed by atoms with Crippen molar-refractivity contribution in [2.24, 2.45) is 0 Å². The van der Waals surface area contributed by atoms with Crippen LogP contribution in [0, 0.1) is 0 Å². The van der Waals surface area contributed by atoms with Crippen LogP contribution in [-0.2, 0) is 11.0 Å². The van der Waals surface area contributed by atoms with Gasteiger partial charge >= 0.3 is 0 Å². The molecule has 4 heteroatoms. The molecule has 0 aromatic carbocycles. The molecule has 0 saturated heterocycles. The maximum absolute atomic E-state index is 3.91. The van der Waals surface area contributed by atoms with Crippen molar-refractivity contribution in [2.45, 2.75) is 17.9 Å². The molecule has 3 nitrogen and oxygen atoms in total. The van der Waals surface area contributed by atoms with Crippen molar-refractivity contribution >= 4 is 22.6 Å². The van der Waals surface area contributed by atoms with Crippen molar-refractivity contribution in [2.75, 3.05) is 0 Å². The molecule has 0 amide bonds.